The van der Waals surface area contributed by atoms with Crippen LogP contribution < -0.4 is 10.1 Å². The van der Waals surface area contributed by atoms with Gasteiger partial charge in [-0.2, -0.15) is 0 Å². The van der Waals surface area contributed by atoms with Gasteiger partial charge in [-0.3, -0.25) is 9.78 Å². The van der Waals surface area contributed by atoms with E-state index in [-0.39, 0.29) is 12.0 Å². The van der Waals surface area contributed by atoms with E-state index in [0.717, 1.165) is 17.0 Å². The van der Waals surface area contributed by atoms with Crippen LogP contribution in [0.1, 0.15) is 34.2 Å². The van der Waals surface area contributed by atoms with Crippen LogP contribution in [0.4, 0.5) is 5.69 Å². The molecule has 29 heavy (non-hydrogen) atoms. The first kappa shape index (κ1) is 20.6. The summed E-state index contributed by atoms with van der Waals surface area (Å²) in [5, 5.41) is 2.92. The van der Waals surface area contributed by atoms with Gasteiger partial charge in [-0.1, -0.05) is 18.2 Å². The number of nitrogens with one attached hydrogen (secondary N) is 1. The topological polar surface area (TPSA) is 60.5 Å². The number of methoxy groups -OCH3 is 1. The number of rotatable bonds is 7. The molecule has 150 valence electrons. The lowest BCUT2D eigenvalue weighted by Gasteiger charge is -2.12. The van der Waals surface area contributed by atoms with E-state index in [1.165, 1.54) is 0 Å². The highest BCUT2D eigenvalue weighted by Gasteiger charge is 2.13. The lowest BCUT2D eigenvalue weighted by atomic mass is 10.1. The Morgan fingerprint density at radius 3 is 2.45 bits per heavy atom. The first-order valence-corrected chi connectivity index (χ1v) is 9.60. The normalized spacial score (nSPS) is 11.7. The third kappa shape index (κ3) is 5.65. The minimum atomic E-state index is -0.200. The first-order chi connectivity index (χ1) is 13.9. The Morgan fingerprint density at radius 1 is 1.03 bits per heavy atom. The first-order valence-electron chi connectivity index (χ1n) is 9.60. The summed E-state index contributed by atoms with van der Waals surface area (Å²) >= 11 is 0. The lowest BCUT2D eigenvalue weighted by Crippen LogP contribution is -2.16. The molecule has 1 aromatic heterocycles. The summed E-state index contributed by atoms with van der Waals surface area (Å²) in [6.45, 7) is 5.84. The van der Waals surface area contributed by atoms with Gasteiger partial charge in [-0.15, -0.1) is 0 Å². The molecule has 1 unspecified atom stereocenters. The molecule has 2 aromatic carbocycles. The van der Waals surface area contributed by atoms with Crippen molar-refractivity contribution in [2.75, 3.05) is 12.4 Å². The third-order valence-corrected chi connectivity index (χ3v) is 4.60. The Hall–Kier alpha value is -3.18. The number of carbonyl (C=O) groups excluding carboxylic acids is 1. The largest absolute Gasteiger partial charge is 0.457 e. The molecular weight excluding hydrogens is 364 g/mol. The Bertz CT molecular complexity index is 1000. The van der Waals surface area contributed by atoms with Crippen LogP contribution in [0.3, 0.4) is 0 Å². The van der Waals surface area contributed by atoms with Gasteiger partial charge in [0.05, 0.1) is 17.4 Å². The second-order valence-electron chi connectivity index (χ2n) is 7.09. The minimum Gasteiger partial charge on any atom is -0.457 e. The van der Waals surface area contributed by atoms with E-state index in [9.17, 15) is 4.79 Å². The van der Waals surface area contributed by atoms with Crippen molar-refractivity contribution in [2.24, 2.45) is 0 Å². The van der Waals surface area contributed by atoms with Crippen molar-refractivity contribution in [3.05, 3.63) is 83.2 Å². The predicted octanol–water partition coefficient (Wildman–Crippen LogP) is 5.32. The number of hydrogen-bond donors (Lipinski definition) is 1. The zero-order valence-corrected chi connectivity index (χ0v) is 17.2. The summed E-state index contributed by atoms with van der Waals surface area (Å²) in [6, 6.07) is 18.8. The fourth-order valence-corrected chi connectivity index (χ4v) is 3.00. The third-order valence-electron chi connectivity index (χ3n) is 4.60. The molecule has 0 saturated carbocycles. The summed E-state index contributed by atoms with van der Waals surface area (Å²) in [6.07, 6.45) is 0.787. The minimum absolute atomic E-state index is 0.0812. The second-order valence-corrected chi connectivity index (χ2v) is 7.09. The Morgan fingerprint density at radius 2 is 1.76 bits per heavy atom. The number of aromatic nitrogens is 1. The molecule has 1 N–H and O–H groups in total. The number of ether oxygens (including phenoxy) is 2. The molecule has 0 aliphatic rings. The molecule has 5 heteroatoms. The van der Waals surface area contributed by atoms with Crippen LogP contribution in [0.5, 0.6) is 11.5 Å². The monoisotopic (exact) mass is 390 g/mol. The predicted molar refractivity (Wildman–Crippen MR) is 115 cm³/mol. The average Bonchev–Trinajstić information content (AvgIpc) is 2.68. The molecule has 1 atom stereocenters. The standard InChI is InChI=1S/C24H26N2O3/c1-16-7-5-9-21(13-16)29-22-10-6-8-19(15-22)26-24(27)23-12-11-20(25-18(23)3)14-17(2)28-4/h5-13,15,17H,14H2,1-4H3,(H,26,27). The highest BCUT2D eigenvalue weighted by atomic mass is 16.5. The van der Waals surface area contributed by atoms with E-state index in [2.05, 4.69) is 10.3 Å². The number of aryl methyl sites for hydroxylation is 2. The fourth-order valence-electron chi connectivity index (χ4n) is 3.00. The zero-order chi connectivity index (χ0) is 20.8. The van der Waals surface area contributed by atoms with Gasteiger partial charge in [0.15, 0.2) is 0 Å². The maximum absolute atomic E-state index is 12.7. The van der Waals surface area contributed by atoms with Crippen molar-refractivity contribution in [3.8, 4) is 11.5 Å². The molecule has 1 amide bonds. The number of benzene rings is 2. The lowest BCUT2D eigenvalue weighted by molar-refractivity contribution is 0.102. The van der Waals surface area contributed by atoms with Crippen LogP contribution in [0.2, 0.25) is 0 Å². The molecule has 3 rings (SSSR count). The van der Waals surface area contributed by atoms with E-state index in [1.54, 1.807) is 13.2 Å². The smallest absolute Gasteiger partial charge is 0.257 e. The number of hydrogen-bond acceptors (Lipinski definition) is 4. The molecule has 0 aliphatic heterocycles. The molecule has 1 heterocycles. The quantitative estimate of drug-likeness (QED) is 0.593. The molecule has 0 saturated heterocycles. The Kier molecular flexibility index (Phi) is 6.62. The van der Waals surface area contributed by atoms with E-state index in [0.29, 0.717) is 29.1 Å². The van der Waals surface area contributed by atoms with Gasteiger partial charge in [0, 0.05) is 31.0 Å². The van der Waals surface area contributed by atoms with Crippen LogP contribution in [0.25, 0.3) is 0 Å². The molecular formula is C24H26N2O3. The molecule has 0 fully saturated rings. The van der Waals surface area contributed by atoms with E-state index in [1.807, 2.05) is 75.4 Å². The van der Waals surface area contributed by atoms with Gasteiger partial charge in [0.25, 0.3) is 5.91 Å². The molecule has 0 spiro atoms. The average molecular weight is 390 g/mol. The summed E-state index contributed by atoms with van der Waals surface area (Å²) in [4.78, 5) is 17.3. The SMILES string of the molecule is COC(C)Cc1ccc(C(=O)Nc2cccc(Oc3cccc(C)c3)c2)c(C)n1. The van der Waals surface area contributed by atoms with Crippen molar-refractivity contribution in [2.45, 2.75) is 33.3 Å². The number of amides is 1. The summed E-state index contributed by atoms with van der Waals surface area (Å²) in [7, 11) is 1.68. The van der Waals surface area contributed by atoms with Crippen molar-refractivity contribution < 1.29 is 14.3 Å². The number of nitrogens with zero attached hydrogens (tertiary/aromatic N) is 1. The van der Waals surface area contributed by atoms with Gasteiger partial charge in [-0.25, -0.2) is 0 Å². The van der Waals surface area contributed by atoms with E-state index in [4.69, 9.17) is 9.47 Å². The number of carbonyl (C=O) groups is 1. The maximum Gasteiger partial charge on any atom is 0.257 e. The van der Waals surface area contributed by atoms with Gasteiger partial charge >= 0.3 is 0 Å². The van der Waals surface area contributed by atoms with Crippen LogP contribution in [0.15, 0.2) is 60.7 Å². The second kappa shape index (κ2) is 9.34. The summed E-state index contributed by atoms with van der Waals surface area (Å²) in [5.41, 5.74) is 3.93. The van der Waals surface area contributed by atoms with Gasteiger partial charge in [-0.05, 0) is 62.7 Å². The highest BCUT2D eigenvalue weighted by Crippen LogP contribution is 2.25. The summed E-state index contributed by atoms with van der Waals surface area (Å²) < 4.78 is 11.2. The maximum atomic E-state index is 12.7. The Balaban J connectivity index is 1.70. The fraction of sp³-hybridized carbons (Fsp3) is 0.250. The van der Waals surface area contributed by atoms with E-state index >= 15 is 0 Å². The number of anilines is 1. The van der Waals surface area contributed by atoms with Crippen molar-refractivity contribution in [3.63, 3.8) is 0 Å². The number of pyridine rings is 1. The molecule has 0 bridgehead atoms. The highest BCUT2D eigenvalue weighted by molar-refractivity contribution is 6.05. The van der Waals surface area contributed by atoms with Gasteiger partial charge in [0.2, 0.25) is 0 Å². The molecule has 0 radical (unpaired) electrons. The van der Waals surface area contributed by atoms with Crippen LogP contribution in [-0.2, 0) is 11.2 Å². The zero-order valence-electron chi connectivity index (χ0n) is 17.2. The Labute approximate surface area is 171 Å². The van der Waals surface area contributed by atoms with Crippen LogP contribution in [-0.4, -0.2) is 24.1 Å². The van der Waals surface area contributed by atoms with Crippen LogP contribution in [0, 0.1) is 13.8 Å². The molecule has 5 nitrogen and oxygen atoms in total. The van der Waals surface area contributed by atoms with Gasteiger partial charge < -0.3 is 14.8 Å². The molecule has 0 aliphatic carbocycles. The van der Waals surface area contributed by atoms with Crippen molar-refractivity contribution >= 4 is 11.6 Å². The molecule has 3 aromatic rings. The summed E-state index contributed by atoms with van der Waals surface area (Å²) in [5.74, 6) is 1.22. The van der Waals surface area contributed by atoms with Crippen molar-refractivity contribution in [1.29, 1.82) is 0 Å². The van der Waals surface area contributed by atoms with E-state index < -0.39 is 0 Å². The van der Waals surface area contributed by atoms with Crippen LogP contribution >= 0.6 is 0 Å². The van der Waals surface area contributed by atoms with Crippen molar-refractivity contribution in [1.82, 2.24) is 4.98 Å². The van der Waals surface area contributed by atoms with Gasteiger partial charge in [0.1, 0.15) is 11.5 Å².